The molecule has 0 saturated heterocycles. The van der Waals surface area contributed by atoms with Crippen molar-refractivity contribution in [3.05, 3.63) is 0 Å². The molecule has 0 heterocycles. The molecule has 0 bridgehead atoms. The van der Waals surface area contributed by atoms with Crippen molar-refractivity contribution >= 4 is 16.5 Å². The summed E-state index contributed by atoms with van der Waals surface area (Å²) in [7, 11) is 0.540. The third-order valence-electron chi connectivity index (χ3n) is 4.77. The van der Waals surface area contributed by atoms with E-state index >= 15 is 0 Å². The summed E-state index contributed by atoms with van der Waals surface area (Å²) in [6.07, 6.45) is 12.3. The summed E-state index contributed by atoms with van der Waals surface area (Å²) in [4.78, 5) is 11.5. The summed E-state index contributed by atoms with van der Waals surface area (Å²) in [6, 6.07) is 0. The van der Waals surface area contributed by atoms with Crippen LogP contribution >= 0.6 is 0 Å². The van der Waals surface area contributed by atoms with Crippen LogP contribution in [0.1, 0.15) is 78.1 Å². The molecule has 0 aromatic heterocycles. The van der Waals surface area contributed by atoms with E-state index < -0.39 is 0 Å². The lowest BCUT2D eigenvalue weighted by atomic mass is 9.66. The first-order chi connectivity index (χ1) is 8.68. The molecule has 2 nitrogen and oxygen atoms in total. The Labute approximate surface area is 115 Å². The van der Waals surface area contributed by atoms with E-state index in [1.807, 2.05) is 0 Å². The molecular weight excluding hydrogens is 240 g/mol. The predicted molar refractivity (Wildman–Crippen MR) is 79.5 cm³/mol. The molecule has 1 saturated carbocycles. The maximum Gasteiger partial charge on any atom is 0.291 e. The van der Waals surface area contributed by atoms with E-state index in [0.717, 1.165) is 12.3 Å². The Hall–Kier alpha value is -0.313. The number of rotatable bonds is 8. The second kappa shape index (κ2) is 7.98. The molecule has 106 valence electrons. The molecular formula is C15H30O2Si. The van der Waals surface area contributed by atoms with Gasteiger partial charge in [0, 0.05) is 6.42 Å². The highest BCUT2D eigenvalue weighted by atomic mass is 28.2. The minimum Gasteiger partial charge on any atom is -0.529 e. The van der Waals surface area contributed by atoms with Crippen LogP contribution in [0.2, 0.25) is 0 Å². The van der Waals surface area contributed by atoms with Gasteiger partial charge in [-0.05, 0) is 43.4 Å². The number of carbonyl (C=O) groups is 1. The van der Waals surface area contributed by atoms with Gasteiger partial charge in [0.25, 0.3) is 5.97 Å². The molecule has 3 heteroatoms. The van der Waals surface area contributed by atoms with Gasteiger partial charge in [0.2, 0.25) is 10.5 Å². The van der Waals surface area contributed by atoms with Crippen molar-refractivity contribution in [1.29, 1.82) is 0 Å². The van der Waals surface area contributed by atoms with Crippen LogP contribution in [0.5, 0.6) is 0 Å². The van der Waals surface area contributed by atoms with E-state index in [0.29, 0.717) is 22.3 Å². The van der Waals surface area contributed by atoms with Gasteiger partial charge >= 0.3 is 0 Å². The normalized spacial score (nSPS) is 17.2. The first-order valence-corrected chi connectivity index (χ1v) is 8.57. The van der Waals surface area contributed by atoms with Crippen molar-refractivity contribution in [3.63, 3.8) is 0 Å². The zero-order valence-electron chi connectivity index (χ0n) is 12.5. The Morgan fingerprint density at radius 1 is 1.17 bits per heavy atom. The van der Waals surface area contributed by atoms with Crippen LogP contribution < -0.4 is 0 Å². The zero-order valence-corrected chi connectivity index (χ0v) is 14.5. The molecule has 0 aliphatic heterocycles. The summed E-state index contributed by atoms with van der Waals surface area (Å²) in [5.41, 5.74) is 0.426. The molecule has 1 aliphatic rings. The van der Waals surface area contributed by atoms with Crippen LogP contribution in [0.15, 0.2) is 0 Å². The maximum absolute atomic E-state index is 11.5. The van der Waals surface area contributed by atoms with E-state index in [-0.39, 0.29) is 5.97 Å². The predicted octanol–water partition coefficient (Wildman–Crippen LogP) is 3.37. The highest BCUT2D eigenvalue weighted by Crippen LogP contribution is 2.49. The Bertz CT molecular complexity index is 241. The number of hydrogen-bond donors (Lipinski definition) is 0. The van der Waals surface area contributed by atoms with Crippen molar-refractivity contribution in [2.24, 2.45) is 11.3 Å². The van der Waals surface area contributed by atoms with Crippen LogP contribution in [-0.4, -0.2) is 16.5 Å². The summed E-state index contributed by atoms with van der Waals surface area (Å²) >= 11 is 0. The van der Waals surface area contributed by atoms with Gasteiger partial charge in [0.1, 0.15) is 0 Å². The van der Waals surface area contributed by atoms with Crippen molar-refractivity contribution in [3.8, 4) is 0 Å². The average Bonchev–Trinajstić information content (AvgIpc) is 2.90. The lowest BCUT2D eigenvalue weighted by Crippen LogP contribution is -2.30. The highest BCUT2D eigenvalue weighted by Gasteiger charge is 2.38. The fraction of sp³-hybridized carbons (Fsp3) is 0.933. The second-order valence-electron chi connectivity index (χ2n) is 5.92. The largest absolute Gasteiger partial charge is 0.529 e. The first-order valence-electron chi connectivity index (χ1n) is 7.75. The molecule has 1 rings (SSSR count). The molecule has 1 fully saturated rings. The molecule has 0 unspecified atom stereocenters. The highest BCUT2D eigenvalue weighted by molar-refractivity contribution is 6.05. The van der Waals surface area contributed by atoms with Crippen LogP contribution in [0.3, 0.4) is 0 Å². The van der Waals surface area contributed by atoms with E-state index in [1.165, 1.54) is 51.4 Å². The fourth-order valence-electron chi connectivity index (χ4n) is 3.97. The molecule has 18 heavy (non-hydrogen) atoms. The van der Waals surface area contributed by atoms with E-state index in [9.17, 15) is 4.79 Å². The second-order valence-corrected chi connectivity index (χ2v) is 6.33. The Kier molecular flexibility index (Phi) is 6.98. The Morgan fingerprint density at radius 3 is 2.17 bits per heavy atom. The summed E-state index contributed by atoms with van der Waals surface area (Å²) in [5, 5.41) is 0. The minimum atomic E-state index is 0.0243. The molecule has 1 aliphatic carbocycles. The fourth-order valence-corrected chi connectivity index (χ4v) is 4.18. The summed E-state index contributed by atoms with van der Waals surface area (Å²) in [6.45, 7) is 4.56. The van der Waals surface area contributed by atoms with Gasteiger partial charge < -0.3 is 4.43 Å². The summed E-state index contributed by atoms with van der Waals surface area (Å²) in [5.74, 6) is 0.885. The first kappa shape index (κ1) is 15.7. The minimum absolute atomic E-state index is 0.0243. The van der Waals surface area contributed by atoms with Crippen LogP contribution in [0.4, 0.5) is 0 Å². The molecule has 0 aromatic carbocycles. The van der Waals surface area contributed by atoms with E-state index in [1.54, 1.807) is 0 Å². The van der Waals surface area contributed by atoms with Crippen molar-refractivity contribution in [1.82, 2.24) is 0 Å². The van der Waals surface area contributed by atoms with Gasteiger partial charge in [0.15, 0.2) is 0 Å². The van der Waals surface area contributed by atoms with Crippen molar-refractivity contribution in [2.45, 2.75) is 78.1 Å². The van der Waals surface area contributed by atoms with Crippen LogP contribution in [0, 0.1) is 11.3 Å². The quantitative estimate of drug-likeness (QED) is 0.632. The van der Waals surface area contributed by atoms with E-state index in [2.05, 4.69) is 13.8 Å². The smallest absolute Gasteiger partial charge is 0.291 e. The van der Waals surface area contributed by atoms with Gasteiger partial charge in [-0.25, -0.2) is 0 Å². The van der Waals surface area contributed by atoms with E-state index in [4.69, 9.17) is 4.43 Å². The standard InChI is InChI=1S/C15H30O2Si/c1-3-10-15(11-4-2,12-9-14(16)17-18)13-7-5-6-8-13/h13H,3-12H2,1-2,18H3. The summed E-state index contributed by atoms with van der Waals surface area (Å²) < 4.78 is 4.96. The van der Waals surface area contributed by atoms with Gasteiger partial charge in [-0.15, -0.1) is 0 Å². The molecule has 0 N–H and O–H groups in total. The third-order valence-corrected chi connectivity index (χ3v) is 5.23. The monoisotopic (exact) mass is 270 g/mol. The third kappa shape index (κ3) is 4.11. The van der Waals surface area contributed by atoms with Crippen LogP contribution in [0.25, 0.3) is 0 Å². The number of hydrogen-bond acceptors (Lipinski definition) is 2. The maximum atomic E-state index is 11.5. The van der Waals surface area contributed by atoms with Gasteiger partial charge in [-0.1, -0.05) is 39.5 Å². The van der Waals surface area contributed by atoms with Crippen molar-refractivity contribution < 1.29 is 9.22 Å². The van der Waals surface area contributed by atoms with Crippen LogP contribution in [-0.2, 0) is 9.22 Å². The van der Waals surface area contributed by atoms with Gasteiger partial charge in [0.05, 0.1) is 0 Å². The lowest BCUT2D eigenvalue weighted by molar-refractivity contribution is -0.135. The van der Waals surface area contributed by atoms with Gasteiger partial charge in [-0.2, -0.15) is 0 Å². The Morgan fingerprint density at radius 2 is 1.72 bits per heavy atom. The molecule has 0 aromatic rings. The molecule has 0 spiro atoms. The average molecular weight is 270 g/mol. The topological polar surface area (TPSA) is 26.3 Å². The molecule has 0 amide bonds. The molecule has 0 atom stereocenters. The SMILES string of the molecule is CCCC(CCC)(CCC(=O)O[SiH3])C1CCCC1. The molecule has 0 radical (unpaired) electrons. The Balaban J connectivity index is 2.71. The van der Waals surface area contributed by atoms with Crippen molar-refractivity contribution in [2.75, 3.05) is 0 Å². The lowest BCUT2D eigenvalue weighted by Gasteiger charge is -2.39. The number of carbonyl (C=O) groups excluding carboxylic acids is 1. The zero-order chi connectivity index (χ0) is 13.4. The van der Waals surface area contributed by atoms with Gasteiger partial charge in [-0.3, -0.25) is 4.79 Å².